The molecule has 112 valence electrons. The number of nitrogens with one attached hydrogen (secondary N) is 1. The van der Waals surface area contributed by atoms with Crippen molar-refractivity contribution in [3.63, 3.8) is 0 Å². The monoisotopic (exact) mass is 309 g/mol. The lowest BCUT2D eigenvalue weighted by molar-refractivity contribution is 0.465. The molecule has 0 saturated heterocycles. The second kappa shape index (κ2) is 5.73. The largest absolute Gasteiger partial charge is 0.508 e. The molecule has 0 aliphatic heterocycles. The summed E-state index contributed by atoms with van der Waals surface area (Å²) in [4.78, 5) is 0.0379. The summed E-state index contributed by atoms with van der Waals surface area (Å²) in [7, 11) is -3.41. The van der Waals surface area contributed by atoms with Crippen LogP contribution >= 0.6 is 0 Å². The molecule has 0 amide bonds. The summed E-state index contributed by atoms with van der Waals surface area (Å²) in [6.45, 7) is 1.75. The predicted molar refractivity (Wildman–Crippen MR) is 79.7 cm³/mol. The Balaban J connectivity index is 2.33. The van der Waals surface area contributed by atoms with Crippen LogP contribution in [-0.2, 0) is 9.84 Å². The van der Waals surface area contributed by atoms with Gasteiger partial charge in [0.25, 0.3) is 0 Å². The van der Waals surface area contributed by atoms with Gasteiger partial charge in [0.05, 0.1) is 16.6 Å². The number of sulfone groups is 1. The van der Waals surface area contributed by atoms with Crippen molar-refractivity contribution in [2.24, 2.45) is 0 Å². The summed E-state index contributed by atoms with van der Waals surface area (Å²) < 4.78 is 36.8. The maximum absolute atomic E-state index is 13.8. The van der Waals surface area contributed by atoms with E-state index in [2.05, 4.69) is 5.32 Å². The molecule has 1 unspecified atom stereocenters. The van der Waals surface area contributed by atoms with Crippen LogP contribution in [0.4, 0.5) is 10.1 Å². The van der Waals surface area contributed by atoms with E-state index < -0.39 is 15.7 Å². The van der Waals surface area contributed by atoms with Crippen molar-refractivity contribution in [3.8, 4) is 5.75 Å². The molecule has 0 aliphatic rings. The minimum Gasteiger partial charge on any atom is -0.508 e. The first-order valence-electron chi connectivity index (χ1n) is 6.33. The molecular formula is C15H16FNO3S. The van der Waals surface area contributed by atoms with Crippen molar-refractivity contribution in [2.45, 2.75) is 17.9 Å². The summed E-state index contributed by atoms with van der Waals surface area (Å²) in [5.41, 5.74) is 0.676. The van der Waals surface area contributed by atoms with Gasteiger partial charge in [-0.05, 0) is 31.2 Å². The Bertz CT molecular complexity index is 759. The molecule has 0 spiro atoms. The molecule has 0 aromatic heterocycles. The predicted octanol–water partition coefficient (Wildman–Crippen LogP) is 3.11. The quantitative estimate of drug-likeness (QED) is 0.852. The smallest absolute Gasteiger partial charge is 0.175 e. The van der Waals surface area contributed by atoms with E-state index in [1.165, 1.54) is 18.2 Å². The number of hydrogen-bond acceptors (Lipinski definition) is 4. The van der Waals surface area contributed by atoms with Crippen LogP contribution in [0, 0.1) is 5.82 Å². The Hall–Kier alpha value is -2.08. The number of aromatic hydroxyl groups is 1. The number of phenols is 1. The second-order valence-corrected chi connectivity index (χ2v) is 6.85. The van der Waals surface area contributed by atoms with Crippen LogP contribution in [0.2, 0.25) is 0 Å². The van der Waals surface area contributed by atoms with Crippen molar-refractivity contribution in [3.05, 3.63) is 53.8 Å². The molecular weight excluding hydrogens is 293 g/mol. The lowest BCUT2D eigenvalue weighted by atomic mass is 10.1. The number of para-hydroxylation sites is 1. The zero-order valence-corrected chi connectivity index (χ0v) is 12.5. The number of phenolic OH excluding ortho intramolecular Hbond substituents is 1. The van der Waals surface area contributed by atoms with E-state index in [0.717, 1.165) is 12.3 Å². The highest BCUT2D eigenvalue weighted by atomic mass is 32.2. The second-order valence-electron chi connectivity index (χ2n) is 4.84. The zero-order chi connectivity index (χ0) is 15.6. The number of benzene rings is 2. The lowest BCUT2D eigenvalue weighted by Crippen LogP contribution is -2.09. The van der Waals surface area contributed by atoms with Gasteiger partial charge >= 0.3 is 0 Å². The summed E-state index contributed by atoms with van der Waals surface area (Å²) >= 11 is 0. The van der Waals surface area contributed by atoms with Crippen LogP contribution < -0.4 is 5.32 Å². The molecule has 2 aromatic rings. The average Bonchev–Trinajstić information content (AvgIpc) is 2.40. The molecule has 4 nitrogen and oxygen atoms in total. The summed E-state index contributed by atoms with van der Waals surface area (Å²) in [5, 5.41) is 12.7. The minimum absolute atomic E-state index is 0.0379. The van der Waals surface area contributed by atoms with Crippen LogP contribution in [0.3, 0.4) is 0 Å². The van der Waals surface area contributed by atoms with Crippen LogP contribution in [-0.4, -0.2) is 19.8 Å². The van der Waals surface area contributed by atoms with Gasteiger partial charge in [-0.1, -0.05) is 18.2 Å². The first kappa shape index (κ1) is 15.3. The standard InChI is InChI=1S/C15H16FNO3S/c1-10(12-5-3-4-6-15(12)18)17-14-9-11(21(2,19)20)7-8-13(14)16/h3-10,17-18H,1-2H3. The zero-order valence-electron chi connectivity index (χ0n) is 11.7. The van der Waals surface area contributed by atoms with Gasteiger partial charge in [0.1, 0.15) is 11.6 Å². The van der Waals surface area contributed by atoms with Gasteiger partial charge < -0.3 is 10.4 Å². The molecule has 21 heavy (non-hydrogen) atoms. The van der Waals surface area contributed by atoms with Crippen LogP contribution in [0.5, 0.6) is 5.75 Å². The molecule has 0 heterocycles. The van der Waals surface area contributed by atoms with Gasteiger partial charge in [0, 0.05) is 11.8 Å². The van der Waals surface area contributed by atoms with Crippen molar-refractivity contribution in [2.75, 3.05) is 11.6 Å². The van der Waals surface area contributed by atoms with E-state index in [1.807, 2.05) is 0 Å². The molecule has 2 aromatic carbocycles. The van der Waals surface area contributed by atoms with Crippen molar-refractivity contribution in [1.29, 1.82) is 0 Å². The fourth-order valence-corrected chi connectivity index (χ4v) is 2.66. The summed E-state index contributed by atoms with van der Waals surface area (Å²) in [6.07, 6.45) is 1.07. The SMILES string of the molecule is CC(Nc1cc(S(C)(=O)=O)ccc1F)c1ccccc1O. The summed E-state index contributed by atoms with van der Waals surface area (Å²) in [5.74, 6) is -0.457. The molecule has 0 fully saturated rings. The highest BCUT2D eigenvalue weighted by molar-refractivity contribution is 7.90. The lowest BCUT2D eigenvalue weighted by Gasteiger charge is -2.17. The van der Waals surface area contributed by atoms with Gasteiger partial charge in [-0.2, -0.15) is 0 Å². The fraction of sp³-hybridized carbons (Fsp3) is 0.200. The van der Waals surface area contributed by atoms with E-state index in [4.69, 9.17) is 0 Å². The normalized spacial score (nSPS) is 12.9. The molecule has 6 heteroatoms. The van der Waals surface area contributed by atoms with E-state index in [-0.39, 0.29) is 22.4 Å². The number of hydrogen-bond donors (Lipinski definition) is 2. The molecule has 0 bridgehead atoms. The number of halogens is 1. The van der Waals surface area contributed by atoms with Crippen molar-refractivity contribution < 1.29 is 17.9 Å². The third-order valence-electron chi connectivity index (χ3n) is 3.14. The third-order valence-corrected chi connectivity index (χ3v) is 4.25. The van der Waals surface area contributed by atoms with Crippen molar-refractivity contribution in [1.82, 2.24) is 0 Å². The topological polar surface area (TPSA) is 66.4 Å². The van der Waals surface area contributed by atoms with Gasteiger partial charge in [-0.25, -0.2) is 12.8 Å². The highest BCUT2D eigenvalue weighted by Crippen LogP contribution is 2.28. The molecule has 2 rings (SSSR count). The Morgan fingerprint density at radius 3 is 2.48 bits per heavy atom. The van der Waals surface area contributed by atoms with Gasteiger partial charge in [-0.15, -0.1) is 0 Å². The van der Waals surface area contributed by atoms with Crippen LogP contribution in [0.1, 0.15) is 18.5 Å². The third kappa shape index (κ3) is 3.52. The maximum Gasteiger partial charge on any atom is 0.175 e. The Morgan fingerprint density at radius 2 is 1.86 bits per heavy atom. The Kier molecular flexibility index (Phi) is 4.18. The first-order valence-corrected chi connectivity index (χ1v) is 8.22. The average molecular weight is 309 g/mol. The van der Waals surface area contributed by atoms with Gasteiger partial charge in [0.15, 0.2) is 9.84 Å². The highest BCUT2D eigenvalue weighted by Gasteiger charge is 2.15. The molecule has 1 atom stereocenters. The minimum atomic E-state index is -3.41. The maximum atomic E-state index is 13.8. The van der Waals surface area contributed by atoms with Gasteiger partial charge in [0.2, 0.25) is 0 Å². The Labute approximate surface area is 123 Å². The summed E-state index contributed by atoms with van der Waals surface area (Å²) in [6, 6.07) is 9.91. The number of rotatable bonds is 4. The van der Waals surface area contributed by atoms with E-state index >= 15 is 0 Å². The molecule has 0 aliphatic carbocycles. The fourth-order valence-electron chi connectivity index (χ4n) is 2.01. The van der Waals surface area contributed by atoms with Crippen molar-refractivity contribution >= 4 is 15.5 Å². The molecule has 0 radical (unpaired) electrons. The van der Waals surface area contributed by atoms with Crippen LogP contribution in [0.15, 0.2) is 47.4 Å². The number of anilines is 1. The van der Waals surface area contributed by atoms with Crippen LogP contribution in [0.25, 0.3) is 0 Å². The Morgan fingerprint density at radius 1 is 1.19 bits per heavy atom. The molecule has 0 saturated carbocycles. The molecule has 2 N–H and O–H groups in total. The van der Waals surface area contributed by atoms with E-state index in [0.29, 0.717) is 5.56 Å². The van der Waals surface area contributed by atoms with E-state index in [1.54, 1.807) is 25.1 Å². The first-order chi connectivity index (χ1) is 9.79. The van der Waals surface area contributed by atoms with E-state index in [9.17, 15) is 17.9 Å². The van der Waals surface area contributed by atoms with Gasteiger partial charge in [-0.3, -0.25) is 0 Å².